The molecule has 0 saturated carbocycles. The van der Waals surface area contributed by atoms with E-state index in [2.05, 4.69) is 32.0 Å². The summed E-state index contributed by atoms with van der Waals surface area (Å²) in [7, 11) is 4.06. The summed E-state index contributed by atoms with van der Waals surface area (Å²) in [5.74, 6) is -0.0562. The van der Waals surface area contributed by atoms with Crippen molar-refractivity contribution in [2.75, 3.05) is 20.6 Å². The van der Waals surface area contributed by atoms with Gasteiger partial charge >= 0.3 is 0 Å². The van der Waals surface area contributed by atoms with E-state index in [9.17, 15) is 4.79 Å². The minimum atomic E-state index is -0.0562. The Morgan fingerprint density at radius 2 is 2.00 bits per heavy atom. The third-order valence-electron chi connectivity index (χ3n) is 4.03. The van der Waals surface area contributed by atoms with Crippen molar-refractivity contribution in [2.24, 2.45) is 0 Å². The van der Waals surface area contributed by atoms with Gasteiger partial charge in [-0.15, -0.1) is 11.3 Å². The lowest BCUT2D eigenvalue weighted by atomic mass is 10.1. The summed E-state index contributed by atoms with van der Waals surface area (Å²) in [6.07, 6.45) is 0. The maximum absolute atomic E-state index is 12.7. The number of carbonyl (C=O) groups excluding carboxylic acids is 1. The van der Waals surface area contributed by atoms with Crippen molar-refractivity contribution < 1.29 is 4.79 Å². The molecule has 0 aliphatic heterocycles. The second-order valence-corrected chi connectivity index (χ2v) is 7.82. The summed E-state index contributed by atoms with van der Waals surface area (Å²) in [6, 6.07) is 12.2. The molecule has 0 spiro atoms. The van der Waals surface area contributed by atoms with Crippen LogP contribution in [0.1, 0.15) is 27.0 Å². The SMILES string of the molecule is Cc1nc(-c2ccccc2)sc1C(=O)NC[C@H](c1ccsc1)N(C)C. The van der Waals surface area contributed by atoms with E-state index in [-0.39, 0.29) is 11.9 Å². The van der Waals surface area contributed by atoms with Gasteiger partial charge in [0, 0.05) is 12.1 Å². The number of hydrogen-bond acceptors (Lipinski definition) is 5. The lowest BCUT2D eigenvalue weighted by Gasteiger charge is -2.23. The fourth-order valence-corrected chi connectivity index (χ4v) is 4.34. The van der Waals surface area contributed by atoms with Crippen molar-refractivity contribution in [1.82, 2.24) is 15.2 Å². The Morgan fingerprint density at radius 3 is 2.64 bits per heavy atom. The lowest BCUT2D eigenvalue weighted by Crippen LogP contribution is -2.34. The molecule has 3 rings (SSSR count). The van der Waals surface area contributed by atoms with Gasteiger partial charge in [0.2, 0.25) is 0 Å². The number of thiazole rings is 1. The monoisotopic (exact) mass is 371 g/mol. The van der Waals surface area contributed by atoms with Crippen LogP contribution in [0.25, 0.3) is 10.6 Å². The van der Waals surface area contributed by atoms with E-state index in [1.807, 2.05) is 51.4 Å². The third kappa shape index (κ3) is 4.15. The Bertz CT molecular complexity index is 826. The van der Waals surface area contributed by atoms with Gasteiger partial charge in [-0.3, -0.25) is 4.79 Å². The highest BCUT2D eigenvalue weighted by Crippen LogP contribution is 2.28. The van der Waals surface area contributed by atoms with Crippen molar-refractivity contribution in [3.63, 3.8) is 0 Å². The van der Waals surface area contributed by atoms with Crippen LogP contribution in [-0.4, -0.2) is 36.4 Å². The second-order valence-electron chi connectivity index (χ2n) is 6.05. The van der Waals surface area contributed by atoms with Gasteiger partial charge < -0.3 is 10.2 Å². The number of nitrogens with one attached hydrogen (secondary N) is 1. The zero-order chi connectivity index (χ0) is 17.8. The minimum Gasteiger partial charge on any atom is -0.349 e. The van der Waals surface area contributed by atoms with Crippen LogP contribution < -0.4 is 5.32 Å². The van der Waals surface area contributed by atoms with Crippen molar-refractivity contribution >= 4 is 28.6 Å². The largest absolute Gasteiger partial charge is 0.349 e. The molecule has 130 valence electrons. The summed E-state index contributed by atoms with van der Waals surface area (Å²) in [6.45, 7) is 2.46. The molecule has 2 heterocycles. The molecule has 0 saturated heterocycles. The van der Waals surface area contributed by atoms with Gasteiger partial charge in [-0.05, 0) is 43.4 Å². The van der Waals surface area contributed by atoms with Crippen LogP contribution in [0.2, 0.25) is 0 Å². The first-order valence-electron chi connectivity index (χ1n) is 8.06. The molecular weight excluding hydrogens is 350 g/mol. The molecule has 2 aromatic heterocycles. The van der Waals surface area contributed by atoms with Crippen LogP contribution in [-0.2, 0) is 0 Å². The lowest BCUT2D eigenvalue weighted by molar-refractivity contribution is 0.0945. The van der Waals surface area contributed by atoms with Crippen LogP contribution in [0.5, 0.6) is 0 Å². The smallest absolute Gasteiger partial charge is 0.263 e. The predicted molar refractivity (Wildman–Crippen MR) is 105 cm³/mol. The molecule has 0 aliphatic rings. The third-order valence-corrected chi connectivity index (χ3v) is 5.94. The van der Waals surface area contributed by atoms with Gasteiger partial charge in [-0.2, -0.15) is 11.3 Å². The number of carbonyl (C=O) groups is 1. The van der Waals surface area contributed by atoms with Crippen molar-refractivity contribution in [2.45, 2.75) is 13.0 Å². The first-order chi connectivity index (χ1) is 12.1. The quantitative estimate of drug-likeness (QED) is 0.706. The van der Waals surface area contributed by atoms with E-state index >= 15 is 0 Å². The molecule has 1 aromatic carbocycles. The first kappa shape index (κ1) is 17.8. The zero-order valence-electron chi connectivity index (χ0n) is 14.5. The fraction of sp³-hybridized carbons (Fsp3) is 0.263. The average Bonchev–Trinajstić information content (AvgIpc) is 3.25. The molecule has 3 aromatic rings. The van der Waals surface area contributed by atoms with E-state index in [1.165, 1.54) is 16.9 Å². The number of rotatable bonds is 6. The molecule has 0 unspecified atom stereocenters. The standard InChI is InChI=1S/C19H21N3OS2/c1-13-17(25-19(21-13)14-7-5-4-6-8-14)18(23)20-11-16(22(2)3)15-9-10-24-12-15/h4-10,12,16H,11H2,1-3H3,(H,20,23)/t16-/m1/s1. The molecule has 1 atom stereocenters. The Hall–Kier alpha value is -2.02. The Kier molecular flexibility index (Phi) is 5.63. The predicted octanol–water partition coefficient (Wildman–Crippen LogP) is 4.21. The van der Waals surface area contributed by atoms with E-state index in [4.69, 9.17) is 0 Å². The van der Waals surface area contributed by atoms with E-state index in [0.29, 0.717) is 11.4 Å². The first-order valence-corrected chi connectivity index (χ1v) is 9.81. The van der Waals surface area contributed by atoms with Crippen molar-refractivity contribution in [3.8, 4) is 10.6 Å². The number of amides is 1. The maximum atomic E-state index is 12.7. The minimum absolute atomic E-state index is 0.0562. The molecule has 0 aliphatic carbocycles. The molecule has 1 amide bonds. The number of likely N-dealkylation sites (N-methyl/N-ethyl adjacent to an activating group) is 1. The van der Waals surface area contributed by atoms with Crippen LogP contribution in [0.4, 0.5) is 0 Å². The summed E-state index contributed by atoms with van der Waals surface area (Å²) in [4.78, 5) is 20.0. The topological polar surface area (TPSA) is 45.2 Å². The number of thiophene rings is 1. The number of benzene rings is 1. The van der Waals surface area contributed by atoms with Gasteiger partial charge in [-0.1, -0.05) is 30.3 Å². The van der Waals surface area contributed by atoms with E-state index < -0.39 is 0 Å². The molecular formula is C19H21N3OS2. The Labute approximate surface area is 156 Å². The molecule has 25 heavy (non-hydrogen) atoms. The van der Waals surface area contributed by atoms with E-state index in [1.54, 1.807) is 11.3 Å². The molecule has 1 N–H and O–H groups in total. The Morgan fingerprint density at radius 1 is 1.24 bits per heavy atom. The summed E-state index contributed by atoms with van der Waals surface area (Å²) >= 11 is 3.12. The van der Waals surface area contributed by atoms with Gasteiger partial charge in [0.1, 0.15) is 9.88 Å². The van der Waals surface area contributed by atoms with E-state index in [0.717, 1.165) is 16.3 Å². The van der Waals surface area contributed by atoms with Crippen LogP contribution in [0, 0.1) is 6.92 Å². The highest BCUT2D eigenvalue weighted by molar-refractivity contribution is 7.17. The van der Waals surface area contributed by atoms with Gasteiger partial charge in [0.15, 0.2) is 0 Å². The van der Waals surface area contributed by atoms with Gasteiger partial charge in [0.25, 0.3) is 5.91 Å². The number of nitrogens with zero attached hydrogens (tertiary/aromatic N) is 2. The maximum Gasteiger partial charge on any atom is 0.263 e. The molecule has 0 fully saturated rings. The molecule has 6 heteroatoms. The van der Waals surface area contributed by atoms with Gasteiger partial charge in [0.05, 0.1) is 11.7 Å². The summed E-state index contributed by atoms with van der Waals surface area (Å²) in [5, 5.41) is 8.14. The number of aryl methyl sites for hydroxylation is 1. The summed E-state index contributed by atoms with van der Waals surface area (Å²) in [5.41, 5.74) is 3.04. The van der Waals surface area contributed by atoms with Crippen molar-refractivity contribution in [3.05, 3.63) is 63.3 Å². The van der Waals surface area contributed by atoms with Crippen LogP contribution >= 0.6 is 22.7 Å². The summed E-state index contributed by atoms with van der Waals surface area (Å²) < 4.78 is 0. The molecule has 0 radical (unpaired) electrons. The average molecular weight is 372 g/mol. The molecule has 4 nitrogen and oxygen atoms in total. The highest BCUT2D eigenvalue weighted by Gasteiger charge is 2.19. The Balaban J connectivity index is 1.72. The highest BCUT2D eigenvalue weighted by atomic mass is 32.1. The van der Waals surface area contributed by atoms with Crippen LogP contribution in [0.15, 0.2) is 47.2 Å². The van der Waals surface area contributed by atoms with Crippen molar-refractivity contribution in [1.29, 1.82) is 0 Å². The second kappa shape index (κ2) is 7.91. The number of hydrogen-bond donors (Lipinski definition) is 1. The normalized spacial score (nSPS) is 12.3. The van der Waals surface area contributed by atoms with Crippen LogP contribution in [0.3, 0.4) is 0 Å². The zero-order valence-corrected chi connectivity index (χ0v) is 16.2. The fourth-order valence-electron chi connectivity index (χ4n) is 2.64. The molecule has 0 bridgehead atoms. The number of aromatic nitrogens is 1. The van der Waals surface area contributed by atoms with Gasteiger partial charge in [-0.25, -0.2) is 4.98 Å².